The lowest BCUT2D eigenvalue weighted by atomic mass is 9.71. The number of carboxylic acid groups (broad SMARTS) is 1. The Labute approximate surface area is 160 Å². The smallest absolute Gasteiger partial charge is 0.335 e. The fraction of sp³-hybridized carbons (Fsp3) is 0.316. The third kappa shape index (κ3) is 3.74. The molecule has 0 heterocycles. The number of fused-ring (bicyclic) bond motifs is 1. The molecule has 0 bridgehead atoms. The van der Waals surface area contributed by atoms with Crippen LogP contribution in [-0.2, 0) is 11.8 Å². The van der Waals surface area contributed by atoms with Gasteiger partial charge in [-0.2, -0.15) is 0 Å². The summed E-state index contributed by atoms with van der Waals surface area (Å²) in [7, 11) is 0. The number of rotatable bonds is 6. The summed E-state index contributed by atoms with van der Waals surface area (Å²) in [5, 5.41) is 31.0. The van der Waals surface area contributed by atoms with Crippen molar-refractivity contribution >= 4 is 23.3 Å². The van der Waals surface area contributed by atoms with Gasteiger partial charge >= 0.3 is 11.7 Å². The van der Waals surface area contributed by atoms with Gasteiger partial charge in [-0.15, -0.1) is 0 Å². The van der Waals surface area contributed by atoms with Gasteiger partial charge in [0, 0.05) is 11.1 Å². The van der Waals surface area contributed by atoms with E-state index in [-0.39, 0.29) is 24.5 Å². The van der Waals surface area contributed by atoms with E-state index in [9.17, 15) is 20.0 Å². The van der Waals surface area contributed by atoms with Gasteiger partial charge < -0.3 is 14.9 Å². The molecule has 1 aliphatic rings. The highest BCUT2D eigenvalue weighted by Crippen LogP contribution is 2.39. The summed E-state index contributed by atoms with van der Waals surface area (Å²) in [6.07, 6.45) is 2.33. The van der Waals surface area contributed by atoms with Crippen LogP contribution in [0, 0.1) is 10.1 Å². The summed E-state index contributed by atoms with van der Waals surface area (Å²) in [6, 6.07) is 8.98. The lowest BCUT2D eigenvalue weighted by Gasteiger charge is -2.37. The minimum Gasteiger partial charge on any atom is -0.486 e. The first kappa shape index (κ1) is 19.1. The van der Waals surface area contributed by atoms with E-state index in [1.165, 1.54) is 12.1 Å². The first-order chi connectivity index (χ1) is 12.9. The van der Waals surface area contributed by atoms with Crippen molar-refractivity contribution in [3.8, 4) is 5.75 Å². The van der Waals surface area contributed by atoms with Crippen LogP contribution in [0.2, 0.25) is 5.02 Å². The second kappa shape index (κ2) is 7.54. The number of nitrogens with zero attached hydrogens (tertiary/aromatic N) is 1. The van der Waals surface area contributed by atoms with E-state index >= 15 is 0 Å². The van der Waals surface area contributed by atoms with Crippen LogP contribution in [0.1, 0.15) is 34.3 Å². The second-order valence-corrected chi connectivity index (χ2v) is 7.06. The molecule has 0 spiro atoms. The van der Waals surface area contributed by atoms with Crippen LogP contribution < -0.4 is 4.74 Å². The minimum absolute atomic E-state index is 0.0288. The van der Waals surface area contributed by atoms with Gasteiger partial charge in [0.1, 0.15) is 6.61 Å². The molecule has 1 aliphatic carbocycles. The van der Waals surface area contributed by atoms with Crippen molar-refractivity contribution in [1.29, 1.82) is 0 Å². The number of carbonyl (C=O) groups is 1. The molecule has 0 fully saturated rings. The van der Waals surface area contributed by atoms with Crippen LogP contribution in [0.3, 0.4) is 0 Å². The van der Waals surface area contributed by atoms with Crippen molar-refractivity contribution in [2.75, 3.05) is 13.2 Å². The Kier molecular flexibility index (Phi) is 5.34. The quantitative estimate of drug-likeness (QED) is 0.575. The molecule has 0 amide bonds. The Morgan fingerprint density at radius 3 is 2.74 bits per heavy atom. The Bertz CT molecular complexity index is 900. The minimum atomic E-state index is -1.26. The van der Waals surface area contributed by atoms with Crippen LogP contribution in [-0.4, -0.2) is 34.3 Å². The van der Waals surface area contributed by atoms with E-state index in [0.29, 0.717) is 11.4 Å². The maximum Gasteiger partial charge on any atom is 0.335 e. The van der Waals surface area contributed by atoms with E-state index in [4.69, 9.17) is 21.4 Å². The molecule has 0 unspecified atom stereocenters. The number of carboxylic acids is 1. The Morgan fingerprint density at radius 1 is 1.30 bits per heavy atom. The highest BCUT2D eigenvalue weighted by molar-refractivity contribution is 6.30. The van der Waals surface area contributed by atoms with Gasteiger partial charge in [-0.1, -0.05) is 17.7 Å². The van der Waals surface area contributed by atoms with E-state index < -0.39 is 22.0 Å². The number of aromatic carboxylic acids is 1. The lowest BCUT2D eigenvalue weighted by Crippen LogP contribution is -2.40. The lowest BCUT2D eigenvalue weighted by molar-refractivity contribution is -0.386. The molecule has 0 aromatic heterocycles. The Balaban J connectivity index is 1.92. The fourth-order valence-corrected chi connectivity index (χ4v) is 3.72. The fourth-order valence-electron chi connectivity index (χ4n) is 3.53. The molecule has 2 aromatic carbocycles. The van der Waals surface area contributed by atoms with Gasteiger partial charge in [0.2, 0.25) is 0 Å². The molecule has 3 rings (SSSR count). The summed E-state index contributed by atoms with van der Waals surface area (Å²) in [6.45, 7) is -0.145. The van der Waals surface area contributed by atoms with Crippen LogP contribution >= 0.6 is 11.6 Å². The average Bonchev–Trinajstić information content (AvgIpc) is 2.65. The molecule has 0 aliphatic heterocycles. The number of nitro benzene ring substituents is 1. The number of aliphatic hydroxyl groups excluding tert-OH is 1. The third-order valence-corrected chi connectivity index (χ3v) is 5.18. The first-order valence-electron chi connectivity index (χ1n) is 8.40. The number of hydrogen-bond donors (Lipinski definition) is 2. The van der Waals surface area contributed by atoms with Crippen LogP contribution in [0.15, 0.2) is 36.4 Å². The number of ether oxygens (including phenoxy) is 1. The van der Waals surface area contributed by atoms with Crippen molar-refractivity contribution in [3.05, 3.63) is 68.2 Å². The molecular weight excluding hydrogens is 374 g/mol. The highest BCUT2D eigenvalue weighted by Gasteiger charge is 2.37. The van der Waals surface area contributed by atoms with Gasteiger partial charge in [0.25, 0.3) is 0 Å². The maximum absolute atomic E-state index is 11.3. The highest BCUT2D eigenvalue weighted by atomic mass is 35.5. The zero-order chi connectivity index (χ0) is 19.6. The monoisotopic (exact) mass is 391 g/mol. The molecule has 8 heteroatoms. The topological polar surface area (TPSA) is 110 Å². The number of nitro groups is 1. The molecule has 142 valence electrons. The molecule has 7 nitrogen and oxygen atoms in total. The summed E-state index contributed by atoms with van der Waals surface area (Å²) in [5.74, 6) is -1.28. The predicted molar refractivity (Wildman–Crippen MR) is 98.7 cm³/mol. The number of aliphatic hydroxyl groups is 1. The first-order valence-corrected chi connectivity index (χ1v) is 8.78. The van der Waals surface area contributed by atoms with Gasteiger partial charge in [-0.3, -0.25) is 10.1 Å². The molecule has 2 N–H and O–H groups in total. The summed E-state index contributed by atoms with van der Waals surface area (Å²) < 4.78 is 5.73. The average molecular weight is 392 g/mol. The summed E-state index contributed by atoms with van der Waals surface area (Å²) in [5.41, 5.74) is 0.642. The van der Waals surface area contributed by atoms with Gasteiger partial charge in [-0.05, 0) is 54.7 Å². The van der Waals surface area contributed by atoms with Crippen molar-refractivity contribution in [2.45, 2.75) is 24.7 Å². The van der Waals surface area contributed by atoms with Crippen molar-refractivity contribution < 1.29 is 24.7 Å². The molecule has 0 saturated carbocycles. The van der Waals surface area contributed by atoms with Crippen molar-refractivity contribution in [3.63, 3.8) is 0 Å². The second-order valence-electron chi connectivity index (χ2n) is 6.63. The van der Waals surface area contributed by atoms with Crippen LogP contribution in [0.25, 0.3) is 0 Å². The number of aryl methyl sites for hydroxylation is 1. The van der Waals surface area contributed by atoms with Crippen LogP contribution in [0.4, 0.5) is 5.69 Å². The SMILES string of the molecule is O=C(O)c1ccc(OC[C@]2(CO)CCCc3cc(Cl)ccc32)c([N+](=O)[O-])c1. The van der Waals surface area contributed by atoms with Crippen molar-refractivity contribution in [1.82, 2.24) is 0 Å². The number of halogens is 1. The molecule has 0 radical (unpaired) electrons. The standard InChI is InChI=1S/C19H18ClNO6/c20-14-4-5-15-12(8-14)2-1-7-19(15,10-22)11-27-17-6-3-13(18(23)24)9-16(17)21(25)26/h3-6,8-9,22H,1-2,7,10-11H2,(H,23,24)/t19-/m1/s1. The van der Waals surface area contributed by atoms with Crippen LogP contribution in [0.5, 0.6) is 5.75 Å². The van der Waals surface area contributed by atoms with E-state index in [1.807, 2.05) is 12.1 Å². The predicted octanol–water partition coefficient (Wildman–Crippen LogP) is 3.59. The van der Waals surface area contributed by atoms with E-state index in [1.54, 1.807) is 6.07 Å². The van der Waals surface area contributed by atoms with E-state index in [2.05, 4.69) is 0 Å². The Hall–Kier alpha value is -2.64. The third-order valence-electron chi connectivity index (χ3n) is 4.95. The molecule has 27 heavy (non-hydrogen) atoms. The number of benzene rings is 2. The van der Waals surface area contributed by atoms with Crippen molar-refractivity contribution in [2.24, 2.45) is 0 Å². The summed E-state index contributed by atoms with van der Waals surface area (Å²) in [4.78, 5) is 21.7. The zero-order valence-corrected chi connectivity index (χ0v) is 15.1. The Morgan fingerprint density at radius 2 is 2.07 bits per heavy atom. The van der Waals surface area contributed by atoms with E-state index in [0.717, 1.165) is 30.0 Å². The summed E-state index contributed by atoms with van der Waals surface area (Å²) >= 11 is 6.07. The normalized spacial score (nSPS) is 18.6. The molecular formula is C19H18ClNO6. The molecule has 1 atom stereocenters. The van der Waals surface area contributed by atoms with Gasteiger partial charge in [0.15, 0.2) is 5.75 Å². The number of hydrogen-bond acceptors (Lipinski definition) is 5. The molecule has 2 aromatic rings. The largest absolute Gasteiger partial charge is 0.486 e. The van der Waals surface area contributed by atoms with Gasteiger partial charge in [0.05, 0.1) is 22.5 Å². The zero-order valence-electron chi connectivity index (χ0n) is 14.4. The van der Waals surface area contributed by atoms with Gasteiger partial charge in [-0.25, -0.2) is 4.79 Å². The molecule has 0 saturated heterocycles. The maximum atomic E-state index is 11.3.